The average Bonchev–Trinajstić information content (AvgIpc) is 2.68. The van der Waals surface area contributed by atoms with Crippen molar-refractivity contribution in [1.82, 2.24) is 4.31 Å². The number of sulfonamides is 1. The molecule has 1 aromatic carbocycles. The lowest BCUT2D eigenvalue weighted by atomic mass is 9.65. The van der Waals surface area contributed by atoms with E-state index in [4.69, 9.17) is 0 Å². The van der Waals surface area contributed by atoms with Crippen LogP contribution in [0.2, 0.25) is 0 Å². The summed E-state index contributed by atoms with van der Waals surface area (Å²) < 4.78 is 27.8. The fourth-order valence-electron chi connectivity index (χ4n) is 4.69. The summed E-state index contributed by atoms with van der Waals surface area (Å²) in [5, 5.41) is 0. The molecule has 1 heterocycles. The summed E-state index contributed by atoms with van der Waals surface area (Å²) in [5.74, 6) is -0.0553. The Morgan fingerprint density at radius 3 is 2.30 bits per heavy atom. The Morgan fingerprint density at radius 1 is 1.13 bits per heavy atom. The lowest BCUT2D eigenvalue weighted by Crippen LogP contribution is -2.37. The van der Waals surface area contributed by atoms with E-state index in [1.807, 2.05) is 0 Å². The van der Waals surface area contributed by atoms with Crippen LogP contribution in [0.15, 0.2) is 29.2 Å². The maximum atomic E-state index is 13.1. The third-order valence-electron chi connectivity index (χ3n) is 5.23. The first-order chi connectivity index (χ1) is 10.5. The second-order valence-corrected chi connectivity index (χ2v) is 10.2. The summed E-state index contributed by atoms with van der Waals surface area (Å²) in [6, 6.07) is 6.40. The molecule has 4 nitrogen and oxygen atoms in total. The van der Waals surface area contributed by atoms with Crippen LogP contribution in [-0.4, -0.2) is 31.1 Å². The second kappa shape index (κ2) is 5.15. The number of Topliss-reactive ketones (excluding diaryl/α,β-unsaturated/α-hetero) is 1. The Kier molecular flexibility index (Phi) is 3.73. The Balaban J connectivity index is 1.93. The topological polar surface area (TPSA) is 54.5 Å². The first kappa shape index (κ1) is 16.7. The molecule has 0 unspecified atom stereocenters. The highest BCUT2D eigenvalue weighted by Crippen LogP contribution is 2.53. The van der Waals surface area contributed by atoms with Gasteiger partial charge in [-0.1, -0.05) is 32.9 Å². The van der Waals surface area contributed by atoms with Gasteiger partial charge in [0.25, 0.3) is 0 Å². The van der Waals surface area contributed by atoms with E-state index in [0.717, 1.165) is 19.3 Å². The SMILES string of the molecule is CC(=O)c1ccc(S(=O)(=O)N2C[C@@]3(C)C[C@@H]2CC(C)(C)C3)cc1. The van der Waals surface area contributed by atoms with Gasteiger partial charge in [0.1, 0.15) is 0 Å². The first-order valence-corrected chi connectivity index (χ1v) is 9.59. The first-order valence-electron chi connectivity index (χ1n) is 8.15. The summed E-state index contributed by atoms with van der Waals surface area (Å²) in [4.78, 5) is 11.7. The van der Waals surface area contributed by atoms with Crippen molar-refractivity contribution in [3.05, 3.63) is 29.8 Å². The summed E-state index contributed by atoms with van der Waals surface area (Å²) in [6.45, 7) is 8.74. The lowest BCUT2D eigenvalue weighted by Gasteiger charge is -2.39. The number of hydrogen-bond acceptors (Lipinski definition) is 3. The number of ketones is 1. The molecule has 1 saturated carbocycles. The van der Waals surface area contributed by atoms with Gasteiger partial charge in [-0.05, 0) is 49.1 Å². The van der Waals surface area contributed by atoms with E-state index in [0.29, 0.717) is 12.1 Å². The highest BCUT2D eigenvalue weighted by Gasteiger charge is 2.53. The van der Waals surface area contributed by atoms with Crippen molar-refractivity contribution >= 4 is 15.8 Å². The molecule has 2 fully saturated rings. The quantitative estimate of drug-likeness (QED) is 0.795. The van der Waals surface area contributed by atoms with Crippen molar-refractivity contribution in [3.8, 4) is 0 Å². The van der Waals surface area contributed by atoms with Gasteiger partial charge in [-0.3, -0.25) is 4.79 Å². The maximum absolute atomic E-state index is 13.1. The minimum Gasteiger partial charge on any atom is -0.295 e. The van der Waals surface area contributed by atoms with Crippen molar-refractivity contribution in [3.63, 3.8) is 0 Å². The van der Waals surface area contributed by atoms with Gasteiger partial charge >= 0.3 is 0 Å². The van der Waals surface area contributed by atoms with Crippen molar-refractivity contribution < 1.29 is 13.2 Å². The van der Waals surface area contributed by atoms with Crippen LogP contribution in [0.4, 0.5) is 0 Å². The minimum atomic E-state index is -3.50. The van der Waals surface area contributed by atoms with E-state index < -0.39 is 10.0 Å². The zero-order chi connectivity index (χ0) is 17.0. The number of carbonyl (C=O) groups is 1. The molecule has 126 valence electrons. The Bertz CT molecular complexity index is 736. The smallest absolute Gasteiger partial charge is 0.243 e. The molecule has 5 heteroatoms. The fraction of sp³-hybridized carbons (Fsp3) is 0.611. The molecule has 1 aliphatic carbocycles. The van der Waals surface area contributed by atoms with Crippen LogP contribution in [0.25, 0.3) is 0 Å². The number of nitrogens with zero attached hydrogens (tertiary/aromatic N) is 1. The summed E-state index contributed by atoms with van der Waals surface area (Å²) in [5.41, 5.74) is 0.788. The van der Waals surface area contributed by atoms with Crippen LogP contribution in [0.3, 0.4) is 0 Å². The van der Waals surface area contributed by atoms with E-state index in [1.54, 1.807) is 28.6 Å². The highest BCUT2D eigenvalue weighted by atomic mass is 32.2. The molecule has 0 N–H and O–H groups in total. The lowest BCUT2D eigenvalue weighted by molar-refractivity contribution is 0.101. The third-order valence-corrected chi connectivity index (χ3v) is 7.15. The predicted octanol–water partition coefficient (Wildman–Crippen LogP) is 3.48. The second-order valence-electron chi connectivity index (χ2n) is 8.34. The summed E-state index contributed by atoms with van der Waals surface area (Å²) in [7, 11) is -3.50. The molecule has 2 atom stereocenters. The number of hydrogen-bond donors (Lipinski definition) is 0. The molecule has 0 amide bonds. The number of benzene rings is 1. The van der Waals surface area contributed by atoms with E-state index in [9.17, 15) is 13.2 Å². The monoisotopic (exact) mass is 335 g/mol. The van der Waals surface area contributed by atoms with Crippen LogP contribution in [0.1, 0.15) is 57.3 Å². The molecule has 1 aromatic rings. The van der Waals surface area contributed by atoms with Crippen LogP contribution in [-0.2, 0) is 10.0 Å². The van der Waals surface area contributed by atoms with Gasteiger partial charge in [0, 0.05) is 18.2 Å². The molecular weight excluding hydrogens is 310 g/mol. The van der Waals surface area contributed by atoms with Crippen molar-refractivity contribution in [2.45, 2.75) is 57.9 Å². The molecule has 0 aromatic heterocycles. The van der Waals surface area contributed by atoms with Gasteiger partial charge in [0.05, 0.1) is 4.90 Å². The molecule has 1 saturated heterocycles. The van der Waals surface area contributed by atoms with Crippen LogP contribution in [0, 0.1) is 10.8 Å². The van der Waals surface area contributed by atoms with Gasteiger partial charge in [0.2, 0.25) is 10.0 Å². The Hall–Kier alpha value is -1.20. The van der Waals surface area contributed by atoms with Gasteiger partial charge < -0.3 is 0 Å². The average molecular weight is 335 g/mol. The van der Waals surface area contributed by atoms with Crippen LogP contribution < -0.4 is 0 Å². The van der Waals surface area contributed by atoms with Crippen molar-refractivity contribution in [1.29, 1.82) is 0 Å². The van der Waals surface area contributed by atoms with Gasteiger partial charge in [0.15, 0.2) is 5.78 Å². The molecule has 3 rings (SSSR count). The largest absolute Gasteiger partial charge is 0.295 e. The standard InChI is InChI=1S/C18H25NO3S/c1-13(20)14-5-7-16(8-6-14)23(21,22)19-12-18(4)10-15(19)9-17(2,3)11-18/h5-8,15H,9-12H2,1-4H3/t15-,18-/m0/s1. The fourth-order valence-corrected chi connectivity index (χ4v) is 6.46. The summed E-state index contributed by atoms with van der Waals surface area (Å²) >= 11 is 0. The summed E-state index contributed by atoms with van der Waals surface area (Å²) in [6.07, 6.45) is 2.92. The van der Waals surface area contributed by atoms with E-state index in [-0.39, 0.29) is 27.6 Å². The Labute approximate surface area is 138 Å². The van der Waals surface area contributed by atoms with Gasteiger partial charge in [-0.2, -0.15) is 4.31 Å². The minimum absolute atomic E-state index is 0.0553. The number of carbonyl (C=O) groups excluding carboxylic acids is 1. The molecule has 0 spiro atoms. The zero-order valence-electron chi connectivity index (χ0n) is 14.3. The number of fused-ring (bicyclic) bond motifs is 2. The molecule has 2 aliphatic rings. The zero-order valence-corrected chi connectivity index (χ0v) is 15.1. The molecule has 1 aliphatic heterocycles. The number of rotatable bonds is 3. The molecule has 0 radical (unpaired) electrons. The van der Waals surface area contributed by atoms with Gasteiger partial charge in [-0.25, -0.2) is 8.42 Å². The molecular formula is C18H25NO3S. The van der Waals surface area contributed by atoms with Crippen molar-refractivity contribution in [2.75, 3.05) is 6.54 Å². The normalized spacial score (nSPS) is 30.3. The highest BCUT2D eigenvalue weighted by molar-refractivity contribution is 7.89. The molecule has 23 heavy (non-hydrogen) atoms. The van der Waals surface area contributed by atoms with E-state index in [1.165, 1.54) is 6.92 Å². The predicted molar refractivity (Wildman–Crippen MR) is 89.9 cm³/mol. The van der Waals surface area contributed by atoms with E-state index >= 15 is 0 Å². The van der Waals surface area contributed by atoms with E-state index in [2.05, 4.69) is 20.8 Å². The third kappa shape index (κ3) is 2.96. The molecule has 2 bridgehead atoms. The van der Waals surface area contributed by atoms with Crippen LogP contribution in [0.5, 0.6) is 0 Å². The van der Waals surface area contributed by atoms with Gasteiger partial charge in [-0.15, -0.1) is 0 Å². The maximum Gasteiger partial charge on any atom is 0.243 e. The van der Waals surface area contributed by atoms with Crippen LogP contribution >= 0.6 is 0 Å². The Morgan fingerprint density at radius 2 is 1.74 bits per heavy atom. The van der Waals surface area contributed by atoms with Crippen molar-refractivity contribution in [2.24, 2.45) is 10.8 Å².